The molecule has 1 aliphatic carbocycles. The summed E-state index contributed by atoms with van der Waals surface area (Å²) < 4.78 is 0. The first-order valence-corrected chi connectivity index (χ1v) is 6.15. The first-order chi connectivity index (χ1) is 7.24. The number of carbonyl (C=O) groups excluding carboxylic acids is 1. The lowest BCUT2D eigenvalue weighted by Gasteiger charge is -2.39. The molecule has 1 N–H and O–H groups in total. The number of aliphatic hydroxyl groups is 1. The zero-order valence-electron chi connectivity index (χ0n) is 9.91. The van der Waals surface area contributed by atoms with Crippen molar-refractivity contribution in [1.29, 1.82) is 0 Å². The van der Waals surface area contributed by atoms with Crippen LogP contribution in [-0.2, 0) is 4.79 Å². The lowest BCUT2D eigenvalue weighted by molar-refractivity contribution is -0.140. The van der Waals surface area contributed by atoms with Gasteiger partial charge in [-0.2, -0.15) is 0 Å². The van der Waals surface area contributed by atoms with E-state index in [4.69, 9.17) is 5.11 Å². The fourth-order valence-electron chi connectivity index (χ4n) is 2.15. The summed E-state index contributed by atoms with van der Waals surface area (Å²) in [5.74, 6) is 0.399. The summed E-state index contributed by atoms with van der Waals surface area (Å²) in [5.41, 5.74) is 0. The molecule has 1 fully saturated rings. The summed E-state index contributed by atoms with van der Waals surface area (Å²) in [6.07, 6.45) is 5.27. The summed E-state index contributed by atoms with van der Waals surface area (Å²) in [5, 5.41) is 8.99. The number of carbonyl (C=O) groups is 1. The maximum atomic E-state index is 12.1. The van der Waals surface area contributed by atoms with E-state index in [-0.39, 0.29) is 18.4 Å². The van der Waals surface area contributed by atoms with Gasteiger partial charge in [-0.25, -0.2) is 0 Å². The Labute approximate surface area is 92.5 Å². The van der Waals surface area contributed by atoms with Gasteiger partial charge in [-0.15, -0.1) is 0 Å². The van der Waals surface area contributed by atoms with Crippen molar-refractivity contribution in [2.75, 3.05) is 13.2 Å². The molecule has 0 saturated heterocycles. The van der Waals surface area contributed by atoms with E-state index < -0.39 is 0 Å². The number of hydrogen-bond acceptors (Lipinski definition) is 2. The predicted octanol–water partition coefficient (Wildman–Crippen LogP) is 1.80. The van der Waals surface area contributed by atoms with Gasteiger partial charge in [0.2, 0.25) is 5.91 Å². The Hall–Kier alpha value is -0.570. The fourth-order valence-corrected chi connectivity index (χ4v) is 2.15. The average Bonchev–Trinajstić information content (AvgIpc) is 2.16. The summed E-state index contributed by atoms with van der Waals surface area (Å²) in [7, 11) is 0. The summed E-state index contributed by atoms with van der Waals surface area (Å²) in [4.78, 5) is 14.0. The summed E-state index contributed by atoms with van der Waals surface area (Å²) in [6, 6.07) is 0.408. The van der Waals surface area contributed by atoms with E-state index in [1.54, 1.807) is 0 Å². The maximum Gasteiger partial charge on any atom is 0.225 e. The molecule has 1 amide bonds. The molecular weight excluding hydrogens is 190 g/mol. The molecule has 15 heavy (non-hydrogen) atoms. The van der Waals surface area contributed by atoms with Gasteiger partial charge in [0.15, 0.2) is 0 Å². The molecule has 0 atom stereocenters. The van der Waals surface area contributed by atoms with Gasteiger partial charge in [0.1, 0.15) is 0 Å². The van der Waals surface area contributed by atoms with E-state index in [0.717, 1.165) is 25.7 Å². The van der Waals surface area contributed by atoms with Gasteiger partial charge in [0.25, 0.3) is 0 Å². The summed E-state index contributed by atoms with van der Waals surface area (Å²) in [6.45, 7) is 4.72. The smallest absolute Gasteiger partial charge is 0.225 e. The number of rotatable bonds is 6. The van der Waals surface area contributed by atoms with Crippen molar-refractivity contribution in [3.05, 3.63) is 0 Å². The summed E-state index contributed by atoms with van der Waals surface area (Å²) >= 11 is 0. The Bertz CT molecular complexity index is 198. The minimum atomic E-state index is 0.0857. The predicted molar refractivity (Wildman–Crippen MR) is 60.5 cm³/mol. The van der Waals surface area contributed by atoms with Gasteiger partial charge < -0.3 is 10.0 Å². The van der Waals surface area contributed by atoms with Crippen molar-refractivity contribution < 1.29 is 9.90 Å². The van der Waals surface area contributed by atoms with Crippen molar-refractivity contribution in [3.63, 3.8) is 0 Å². The quantitative estimate of drug-likeness (QED) is 0.731. The minimum Gasteiger partial charge on any atom is -0.395 e. The molecule has 1 saturated carbocycles. The van der Waals surface area contributed by atoms with E-state index in [1.807, 2.05) is 4.90 Å². The van der Waals surface area contributed by atoms with Gasteiger partial charge in [0, 0.05) is 18.5 Å². The van der Waals surface area contributed by atoms with Gasteiger partial charge >= 0.3 is 0 Å². The molecule has 0 radical (unpaired) electrons. The van der Waals surface area contributed by atoms with Crippen LogP contribution in [0.1, 0.15) is 46.0 Å². The molecule has 0 unspecified atom stereocenters. The molecule has 0 aliphatic heterocycles. The molecule has 88 valence electrons. The standard InChI is InChI=1S/C12H23NO2/c1-3-10(4-2)12(15)13(8-9-14)11-6-5-7-11/h10-11,14H,3-9H2,1-2H3. The number of aliphatic hydroxyl groups excluding tert-OH is 1. The topological polar surface area (TPSA) is 40.5 Å². The van der Waals surface area contributed by atoms with Gasteiger partial charge in [-0.1, -0.05) is 13.8 Å². The van der Waals surface area contributed by atoms with E-state index in [9.17, 15) is 4.79 Å². The largest absolute Gasteiger partial charge is 0.395 e. The number of amides is 1. The zero-order valence-corrected chi connectivity index (χ0v) is 9.91. The van der Waals surface area contributed by atoms with Crippen molar-refractivity contribution >= 4 is 5.91 Å². The van der Waals surface area contributed by atoms with Crippen LogP contribution in [-0.4, -0.2) is 35.1 Å². The Balaban J connectivity index is 2.56. The first-order valence-electron chi connectivity index (χ1n) is 6.15. The second-order valence-electron chi connectivity index (χ2n) is 4.35. The zero-order chi connectivity index (χ0) is 11.3. The van der Waals surface area contributed by atoms with E-state index in [1.165, 1.54) is 6.42 Å². The lowest BCUT2D eigenvalue weighted by Crippen LogP contribution is -2.48. The van der Waals surface area contributed by atoms with Gasteiger partial charge in [-0.05, 0) is 32.1 Å². The van der Waals surface area contributed by atoms with Crippen LogP contribution in [0.4, 0.5) is 0 Å². The Kier molecular flexibility index (Phi) is 5.09. The molecule has 0 heterocycles. The Morgan fingerprint density at radius 2 is 2.00 bits per heavy atom. The highest BCUT2D eigenvalue weighted by Gasteiger charge is 2.30. The number of nitrogens with zero attached hydrogens (tertiary/aromatic N) is 1. The molecule has 0 bridgehead atoms. The fraction of sp³-hybridized carbons (Fsp3) is 0.917. The lowest BCUT2D eigenvalue weighted by atomic mass is 9.89. The molecule has 3 heteroatoms. The molecule has 1 rings (SSSR count). The molecule has 3 nitrogen and oxygen atoms in total. The van der Waals surface area contributed by atoms with E-state index in [0.29, 0.717) is 12.6 Å². The first kappa shape index (κ1) is 12.5. The third-order valence-electron chi connectivity index (χ3n) is 3.47. The second kappa shape index (κ2) is 6.11. The third-order valence-corrected chi connectivity index (χ3v) is 3.47. The monoisotopic (exact) mass is 213 g/mol. The molecule has 0 aromatic heterocycles. The van der Waals surface area contributed by atoms with E-state index >= 15 is 0 Å². The van der Waals surface area contributed by atoms with Crippen molar-refractivity contribution in [3.8, 4) is 0 Å². The van der Waals surface area contributed by atoms with Gasteiger partial charge in [0.05, 0.1) is 6.61 Å². The Morgan fingerprint density at radius 3 is 2.33 bits per heavy atom. The molecule has 0 aromatic rings. The van der Waals surface area contributed by atoms with E-state index in [2.05, 4.69) is 13.8 Å². The molecule has 1 aliphatic rings. The van der Waals surface area contributed by atoms with Crippen LogP contribution in [0.3, 0.4) is 0 Å². The normalized spacial score (nSPS) is 16.5. The highest BCUT2D eigenvalue weighted by molar-refractivity contribution is 5.79. The SMILES string of the molecule is CCC(CC)C(=O)N(CCO)C1CCC1. The van der Waals surface area contributed by atoms with Crippen LogP contribution in [0, 0.1) is 5.92 Å². The molecule has 0 aromatic carbocycles. The Morgan fingerprint density at radius 1 is 1.40 bits per heavy atom. The third kappa shape index (κ3) is 2.94. The van der Waals surface area contributed by atoms with Crippen LogP contribution in [0.2, 0.25) is 0 Å². The van der Waals surface area contributed by atoms with Crippen molar-refractivity contribution in [2.45, 2.75) is 52.0 Å². The maximum absolute atomic E-state index is 12.1. The highest BCUT2D eigenvalue weighted by atomic mass is 16.3. The second-order valence-corrected chi connectivity index (χ2v) is 4.35. The van der Waals surface area contributed by atoms with Crippen LogP contribution >= 0.6 is 0 Å². The molecule has 0 spiro atoms. The van der Waals surface area contributed by atoms with Crippen LogP contribution in [0.25, 0.3) is 0 Å². The van der Waals surface area contributed by atoms with Crippen molar-refractivity contribution in [1.82, 2.24) is 4.90 Å². The van der Waals surface area contributed by atoms with Gasteiger partial charge in [-0.3, -0.25) is 4.79 Å². The highest BCUT2D eigenvalue weighted by Crippen LogP contribution is 2.26. The molecular formula is C12H23NO2. The minimum absolute atomic E-state index is 0.0857. The van der Waals surface area contributed by atoms with Crippen LogP contribution in [0.5, 0.6) is 0 Å². The van der Waals surface area contributed by atoms with Crippen molar-refractivity contribution in [2.24, 2.45) is 5.92 Å². The number of hydrogen-bond donors (Lipinski definition) is 1. The average molecular weight is 213 g/mol. The van der Waals surface area contributed by atoms with Crippen LogP contribution in [0.15, 0.2) is 0 Å². The van der Waals surface area contributed by atoms with Crippen LogP contribution < -0.4 is 0 Å².